The summed E-state index contributed by atoms with van der Waals surface area (Å²) in [5.41, 5.74) is -2.31. The van der Waals surface area contributed by atoms with E-state index in [9.17, 15) is 22.8 Å². The van der Waals surface area contributed by atoms with Crippen LogP contribution in [0.5, 0.6) is 0 Å². The van der Waals surface area contributed by atoms with Crippen LogP contribution in [0.25, 0.3) is 0 Å². The monoisotopic (exact) mass is 382 g/mol. The smallest absolute Gasteiger partial charge is 0.352 e. The molecule has 0 unspecified atom stereocenters. The van der Waals surface area contributed by atoms with E-state index >= 15 is 0 Å². The highest BCUT2D eigenvalue weighted by atomic mass is 19.4. The van der Waals surface area contributed by atoms with Crippen LogP contribution in [0, 0.1) is 23.2 Å². The lowest BCUT2D eigenvalue weighted by molar-refractivity contribution is -0.139. The molecule has 4 aliphatic carbocycles. The summed E-state index contributed by atoms with van der Waals surface area (Å²) in [5.74, 6) is 1.85. The standard InChI is InChI=1S/C20H25F3N2O2/c1-12(19-8-13-5-14(9-19)7-15(6-13)10-19)24-17(26)11-25-4-2-3-16(18(25)27)20(21,22)23/h2-4,12-15H,5-11H2,1H3,(H,24,26)/t12-,13?,14?,15?,19?/m1/s1. The Morgan fingerprint density at radius 3 is 2.30 bits per heavy atom. The molecule has 7 heteroatoms. The topological polar surface area (TPSA) is 51.1 Å². The van der Waals surface area contributed by atoms with Gasteiger partial charge in [-0.15, -0.1) is 0 Å². The highest BCUT2D eigenvalue weighted by Gasteiger charge is 2.53. The predicted molar refractivity (Wildman–Crippen MR) is 93.9 cm³/mol. The highest BCUT2D eigenvalue weighted by Crippen LogP contribution is 2.61. The van der Waals surface area contributed by atoms with E-state index < -0.39 is 23.2 Å². The Balaban J connectivity index is 1.45. The van der Waals surface area contributed by atoms with E-state index in [1.165, 1.54) is 25.5 Å². The van der Waals surface area contributed by atoms with Crippen LogP contribution in [0.2, 0.25) is 0 Å². The van der Waals surface area contributed by atoms with Gasteiger partial charge < -0.3 is 9.88 Å². The Morgan fingerprint density at radius 2 is 1.78 bits per heavy atom. The fourth-order valence-corrected chi connectivity index (χ4v) is 6.18. The summed E-state index contributed by atoms with van der Waals surface area (Å²) in [5, 5.41) is 2.99. The number of carbonyl (C=O) groups is 1. The van der Waals surface area contributed by atoms with Gasteiger partial charge in [0.25, 0.3) is 5.56 Å². The Labute approximate surface area is 156 Å². The van der Waals surface area contributed by atoms with Crippen molar-refractivity contribution in [3.05, 3.63) is 34.2 Å². The number of amides is 1. The second-order valence-electron chi connectivity index (χ2n) is 8.92. The third kappa shape index (κ3) is 3.41. The average Bonchev–Trinajstić information content (AvgIpc) is 2.54. The van der Waals surface area contributed by atoms with Gasteiger partial charge in [0.15, 0.2) is 0 Å². The first-order valence-corrected chi connectivity index (χ1v) is 9.72. The summed E-state index contributed by atoms with van der Waals surface area (Å²) >= 11 is 0. The fourth-order valence-electron chi connectivity index (χ4n) is 6.18. The first-order chi connectivity index (χ1) is 12.7. The summed E-state index contributed by atoms with van der Waals surface area (Å²) < 4.78 is 39.5. The Bertz CT molecular complexity index is 764. The lowest BCUT2D eigenvalue weighted by atomic mass is 9.48. The van der Waals surface area contributed by atoms with Crippen molar-refractivity contribution < 1.29 is 18.0 Å². The van der Waals surface area contributed by atoms with Crippen LogP contribution in [0.1, 0.15) is 51.0 Å². The van der Waals surface area contributed by atoms with Crippen molar-refractivity contribution in [2.75, 3.05) is 0 Å². The van der Waals surface area contributed by atoms with Crippen LogP contribution >= 0.6 is 0 Å². The van der Waals surface area contributed by atoms with Gasteiger partial charge in [0, 0.05) is 12.2 Å². The first-order valence-electron chi connectivity index (χ1n) is 9.72. The van der Waals surface area contributed by atoms with Crippen molar-refractivity contribution in [2.24, 2.45) is 23.2 Å². The zero-order valence-electron chi connectivity index (χ0n) is 15.4. The molecule has 4 fully saturated rings. The molecule has 1 aromatic rings. The number of nitrogens with zero attached hydrogens (tertiary/aromatic N) is 1. The van der Waals surface area contributed by atoms with Crippen LogP contribution in [0.15, 0.2) is 23.1 Å². The van der Waals surface area contributed by atoms with Crippen molar-refractivity contribution >= 4 is 5.91 Å². The summed E-state index contributed by atoms with van der Waals surface area (Å²) in [6, 6.07) is 1.87. The van der Waals surface area contributed by atoms with E-state index in [1.807, 2.05) is 6.92 Å². The number of hydrogen-bond donors (Lipinski definition) is 1. The molecule has 1 N–H and O–H groups in total. The van der Waals surface area contributed by atoms with Gasteiger partial charge in [-0.2, -0.15) is 13.2 Å². The molecule has 0 aliphatic heterocycles. The summed E-state index contributed by atoms with van der Waals surface area (Å²) in [7, 11) is 0. The van der Waals surface area contributed by atoms with Gasteiger partial charge in [-0.1, -0.05) is 0 Å². The van der Waals surface area contributed by atoms with Gasteiger partial charge in [0.05, 0.1) is 0 Å². The molecule has 27 heavy (non-hydrogen) atoms. The van der Waals surface area contributed by atoms with E-state index in [0.717, 1.165) is 53.7 Å². The maximum absolute atomic E-state index is 12.9. The van der Waals surface area contributed by atoms with Crippen LogP contribution in [0.4, 0.5) is 13.2 Å². The van der Waals surface area contributed by atoms with E-state index in [4.69, 9.17) is 0 Å². The molecule has 4 nitrogen and oxygen atoms in total. The normalized spacial score (nSPS) is 33.1. The van der Waals surface area contributed by atoms with E-state index in [2.05, 4.69) is 5.32 Å². The van der Waals surface area contributed by atoms with Crippen molar-refractivity contribution in [1.82, 2.24) is 9.88 Å². The number of pyridine rings is 1. The number of nitrogens with one attached hydrogen (secondary N) is 1. The minimum absolute atomic E-state index is 0.0279. The van der Waals surface area contributed by atoms with E-state index in [-0.39, 0.29) is 18.0 Å². The van der Waals surface area contributed by atoms with Crippen LogP contribution in [-0.2, 0) is 17.5 Å². The molecule has 1 amide bonds. The highest BCUT2D eigenvalue weighted by molar-refractivity contribution is 5.76. The third-order valence-electron chi connectivity index (χ3n) is 7.02. The molecule has 0 aromatic carbocycles. The first kappa shape index (κ1) is 18.6. The molecule has 0 spiro atoms. The largest absolute Gasteiger partial charge is 0.421 e. The lowest BCUT2D eigenvalue weighted by Crippen LogP contribution is -2.56. The lowest BCUT2D eigenvalue weighted by Gasteiger charge is -2.59. The molecule has 148 valence electrons. The molecule has 1 atom stereocenters. The summed E-state index contributed by atoms with van der Waals surface area (Å²) in [4.78, 5) is 24.5. The predicted octanol–water partition coefficient (Wildman–Crippen LogP) is 3.59. The van der Waals surface area contributed by atoms with Crippen molar-refractivity contribution in [3.63, 3.8) is 0 Å². The third-order valence-corrected chi connectivity index (χ3v) is 7.02. The molecular formula is C20H25F3N2O2. The molecule has 4 aliphatic rings. The SMILES string of the molecule is C[C@@H](NC(=O)Cn1cccc(C(F)(F)F)c1=O)C12CC3CC(CC(C3)C1)C2. The Morgan fingerprint density at radius 1 is 1.22 bits per heavy atom. The van der Waals surface area contributed by atoms with Crippen LogP contribution in [-0.4, -0.2) is 16.5 Å². The molecule has 5 rings (SSSR count). The molecule has 1 aromatic heterocycles. The quantitative estimate of drug-likeness (QED) is 0.865. The molecule has 4 saturated carbocycles. The number of carbonyl (C=O) groups excluding carboxylic acids is 1. The molecule has 1 heterocycles. The second-order valence-corrected chi connectivity index (χ2v) is 8.92. The van der Waals surface area contributed by atoms with Gasteiger partial charge in [-0.05, 0) is 80.8 Å². The van der Waals surface area contributed by atoms with Crippen molar-refractivity contribution in [3.8, 4) is 0 Å². The van der Waals surface area contributed by atoms with E-state index in [0.29, 0.717) is 0 Å². The average molecular weight is 382 g/mol. The molecular weight excluding hydrogens is 357 g/mol. The minimum atomic E-state index is -4.72. The number of rotatable bonds is 4. The van der Waals surface area contributed by atoms with Gasteiger partial charge in [0.2, 0.25) is 5.91 Å². The van der Waals surface area contributed by atoms with Gasteiger partial charge in [-0.25, -0.2) is 0 Å². The second kappa shape index (κ2) is 6.38. The summed E-state index contributed by atoms with van der Waals surface area (Å²) in [6.45, 7) is 1.62. The number of aromatic nitrogens is 1. The number of halogens is 3. The maximum atomic E-state index is 12.9. The summed E-state index contributed by atoms with van der Waals surface area (Å²) in [6.07, 6.45) is 3.81. The maximum Gasteiger partial charge on any atom is 0.421 e. The Hall–Kier alpha value is -1.79. The number of alkyl halides is 3. The van der Waals surface area contributed by atoms with E-state index in [1.54, 1.807) is 0 Å². The molecule has 4 bridgehead atoms. The zero-order chi connectivity index (χ0) is 19.4. The zero-order valence-corrected chi connectivity index (χ0v) is 15.4. The van der Waals surface area contributed by atoms with Crippen LogP contribution < -0.4 is 10.9 Å². The van der Waals surface area contributed by atoms with Crippen molar-refractivity contribution in [1.29, 1.82) is 0 Å². The van der Waals surface area contributed by atoms with Crippen LogP contribution in [0.3, 0.4) is 0 Å². The van der Waals surface area contributed by atoms with Gasteiger partial charge >= 0.3 is 6.18 Å². The number of hydrogen-bond acceptors (Lipinski definition) is 2. The minimum Gasteiger partial charge on any atom is -0.352 e. The molecule has 0 saturated heterocycles. The van der Waals surface area contributed by atoms with Gasteiger partial charge in [-0.3, -0.25) is 9.59 Å². The van der Waals surface area contributed by atoms with Gasteiger partial charge in [0.1, 0.15) is 12.1 Å². The molecule has 0 radical (unpaired) electrons. The Kier molecular flexibility index (Phi) is 4.39. The van der Waals surface area contributed by atoms with Crippen molar-refractivity contribution in [2.45, 2.75) is 64.2 Å². The fraction of sp³-hybridized carbons (Fsp3) is 0.700.